The van der Waals surface area contributed by atoms with E-state index in [0.717, 1.165) is 10.4 Å². The van der Waals surface area contributed by atoms with Gasteiger partial charge >= 0.3 is 5.97 Å². The number of aryl methyl sites for hydroxylation is 2. The highest BCUT2D eigenvalue weighted by atomic mass is 32.2. The lowest BCUT2D eigenvalue weighted by molar-refractivity contribution is -0.139. The highest BCUT2D eigenvalue weighted by molar-refractivity contribution is 7.93. The molecule has 0 bridgehead atoms. The van der Waals surface area contributed by atoms with Crippen LogP contribution >= 0.6 is 11.3 Å². The number of thiazole rings is 1. The molecule has 1 aromatic carbocycles. The van der Waals surface area contributed by atoms with Gasteiger partial charge < -0.3 is 4.74 Å². The van der Waals surface area contributed by atoms with Gasteiger partial charge in [0.15, 0.2) is 5.13 Å². The predicted molar refractivity (Wildman–Crippen MR) is 84.6 cm³/mol. The van der Waals surface area contributed by atoms with Crippen LogP contribution in [0.15, 0.2) is 29.2 Å². The van der Waals surface area contributed by atoms with Crippen molar-refractivity contribution in [2.24, 2.45) is 0 Å². The minimum absolute atomic E-state index is 0.0189. The van der Waals surface area contributed by atoms with Crippen molar-refractivity contribution in [3.05, 3.63) is 40.4 Å². The summed E-state index contributed by atoms with van der Waals surface area (Å²) in [5, 5.41) is 0.234. The standard InChI is InChI=1S/C14H16N2O4S2/c1-9-5-4-6-11(7-9)22(18,19)16-14-15-12(10(2)21-14)8-13(17)20-3/h4-7H,8H2,1-3H3,(H,15,16). The van der Waals surface area contributed by atoms with Gasteiger partial charge in [0.1, 0.15) is 0 Å². The number of nitrogens with one attached hydrogen (secondary N) is 1. The number of sulfonamides is 1. The first kappa shape index (κ1) is 16.4. The summed E-state index contributed by atoms with van der Waals surface area (Å²) >= 11 is 1.18. The zero-order chi connectivity index (χ0) is 16.3. The highest BCUT2D eigenvalue weighted by Crippen LogP contribution is 2.25. The van der Waals surface area contributed by atoms with Gasteiger partial charge in [0.2, 0.25) is 0 Å². The van der Waals surface area contributed by atoms with E-state index in [-0.39, 0.29) is 16.4 Å². The molecule has 1 N–H and O–H groups in total. The van der Waals surface area contributed by atoms with Crippen molar-refractivity contribution in [1.82, 2.24) is 4.98 Å². The second-order valence-corrected chi connectivity index (χ2v) is 7.58. The second kappa shape index (κ2) is 6.45. The van der Waals surface area contributed by atoms with E-state index in [9.17, 15) is 13.2 Å². The number of esters is 1. The molecule has 0 aliphatic carbocycles. The van der Waals surface area contributed by atoms with E-state index in [1.807, 2.05) is 13.0 Å². The molecule has 118 valence electrons. The summed E-state index contributed by atoms with van der Waals surface area (Å²) in [7, 11) is -2.39. The number of ether oxygens (including phenoxy) is 1. The Kier molecular flexibility index (Phi) is 4.82. The predicted octanol–water partition coefficient (Wildman–Crippen LogP) is 2.28. The fourth-order valence-electron chi connectivity index (χ4n) is 1.80. The number of anilines is 1. The Labute approximate surface area is 133 Å². The average Bonchev–Trinajstić information content (AvgIpc) is 2.77. The number of aromatic nitrogens is 1. The molecule has 0 spiro atoms. The van der Waals surface area contributed by atoms with Crippen molar-refractivity contribution >= 4 is 32.5 Å². The maximum atomic E-state index is 12.3. The number of carbonyl (C=O) groups excluding carboxylic acids is 1. The van der Waals surface area contributed by atoms with Crippen molar-refractivity contribution in [3.63, 3.8) is 0 Å². The van der Waals surface area contributed by atoms with Gasteiger partial charge in [0, 0.05) is 4.88 Å². The Bertz CT molecular complexity index is 797. The summed E-state index contributed by atoms with van der Waals surface area (Å²) in [6.07, 6.45) is 0.0189. The number of hydrogen-bond acceptors (Lipinski definition) is 6. The molecule has 0 aliphatic heterocycles. The maximum absolute atomic E-state index is 12.3. The molecule has 0 amide bonds. The lowest BCUT2D eigenvalue weighted by atomic mass is 10.2. The van der Waals surface area contributed by atoms with Crippen LogP contribution in [0.3, 0.4) is 0 Å². The van der Waals surface area contributed by atoms with Crippen LogP contribution < -0.4 is 4.72 Å². The van der Waals surface area contributed by atoms with Crippen molar-refractivity contribution in [2.45, 2.75) is 25.2 Å². The Morgan fingerprint density at radius 3 is 2.73 bits per heavy atom. The maximum Gasteiger partial charge on any atom is 0.311 e. The Hall–Kier alpha value is -1.93. The molecule has 1 aromatic heterocycles. The number of methoxy groups -OCH3 is 1. The molecule has 6 nitrogen and oxygen atoms in total. The zero-order valence-corrected chi connectivity index (χ0v) is 14.0. The van der Waals surface area contributed by atoms with Crippen molar-refractivity contribution in [2.75, 3.05) is 11.8 Å². The van der Waals surface area contributed by atoms with Crippen LogP contribution in [-0.4, -0.2) is 26.5 Å². The van der Waals surface area contributed by atoms with Gasteiger partial charge in [-0.3, -0.25) is 9.52 Å². The summed E-state index contributed by atoms with van der Waals surface area (Å²) < 4.78 is 31.7. The minimum atomic E-state index is -3.69. The van der Waals surface area contributed by atoms with Gasteiger partial charge in [0.05, 0.1) is 24.1 Å². The first-order valence-corrected chi connectivity index (χ1v) is 8.74. The largest absolute Gasteiger partial charge is 0.469 e. The van der Waals surface area contributed by atoms with E-state index < -0.39 is 16.0 Å². The fourth-order valence-corrected chi connectivity index (χ4v) is 3.97. The van der Waals surface area contributed by atoms with Gasteiger partial charge in [-0.25, -0.2) is 13.4 Å². The molecule has 0 unspecified atom stereocenters. The Morgan fingerprint density at radius 2 is 2.09 bits per heavy atom. The van der Waals surface area contributed by atoms with Gasteiger partial charge in [0.25, 0.3) is 10.0 Å². The molecule has 0 radical (unpaired) electrons. The second-order valence-electron chi connectivity index (χ2n) is 4.70. The van der Waals surface area contributed by atoms with Crippen LogP contribution in [-0.2, 0) is 26.0 Å². The summed E-state index contributed by atoms with van der Waals surface area (Å²) in [5.74, 6) is -0.415. The molecule has 22 heavy (non-hydrogen) atoms. The first-order chi connectivity index (χ1) is 10.3. The Balaban J connectivity index is 2.23. The third-order valence-corrected chi connectivity index (χ3v) is 5.35. The smallest absolute Gasteiger partial charge is 0.311 e. The lowest BCUT2D eigenvalue weighted by Crippen LogP contribution is -2.13. The van der Waals surface area contributed by atoms with Crippen molar-refractivity contribution in [1.29, 1.82) is 0 Å². The molecule has 0 atom stereocenters. The molecule has 0 saturated heterocycles. The average molecular weight is 340 g/mol. The third kappa shape index (κ3) is 3.83. The zero-order valence-electron chi connectivity index (χ0n) is 12.4. The molecule has 8 heteroatoms. The van der Waals surface area contributed by atoms with Crippen LogP contribution in [0.5, 0.6) is 0 Å². The third-order valence-electron chi connectivity index (χ3n) is 2.95. The summed E-state index contributed by atoms with van der Waals surface area (Å²) in [6.45, 7) is 3.60. The van der Waals surface area contributed by atoms with Crippen LogP contribution in [0.25, 0.3) is 0 Å². The molecular formula is C14H16N2O4S2. The quantitative estimate of drug-likeness (QED) is 0.844. The molecular weight excluding hydrogens is 324 g/mol. The topological polar surface area (TPSA) is 85.4 Å². The summed E-state index contributed by atoms with van der Waals surface area (Å²) in [4.78, 5) is 16.4. The van der Waals surface area contributed by atoms with Crippen LogP contribution in [0.1, 0.15) is 16.1 Å². The molecule has 0 aliphatic rings. The van der Waals surface area contributed by atoms with E-state index in [1.165, 1.54) is 24.5 Å². The van der Waals surface area contributed by atoms with Crippen LogP contribution in [0.2, 0.25) is 0 Å². The van der Waals surface area contributed by atoms with Crippen molar-refractivity contribution in [3.8, 4) is 0 Å². The number of rotatable bonds is 5. The molecule has 2 rings (SSSR count). The van der Waals surface area contributed by atoms with E-state index >= 15 is 0 Å². The normalized spacial score (nSPS) is 11.2. The number of carbonyl (C=O) groups is 1. The summed E-state index contributed by atoms with van der Waals surface area (Å²) in [5.41, 5.74) is 1.36. The fraction of sp³-hybridized carbons (Fsp3) is 0.286. The SMILES string of the molecule is COC(=O)Cc1nc(NS(=O)(=O)c2cccc(C)c2)sc1C. The van der Waals surface area contributed by atoms with Crippen LogP contribution in [0, 0.1) is 13.8 Å². The molecule has 0 fully saturated rings. The van der Waals surface area contributed by atoms with E-state index in [1.54, 1.807) is 19.1 Å². The lowest BCUT2D eigenvalue weighted by Gasteiger charge is -2.05. The first-order valence-electron chi connectivity index (χ1n) is 6.44. The Morgan fingerprint density at radius 1 is 1.36 bits per heavy atom. The van der Waals surface area contributed by atoms with Gasteiger partial charge in [-0.2, -0.15) is 0 Å². The molecule has 0 saturated carbocycles. The molecule has 1 heterocycles. The summed E-state index contributed by atoms with van der Waals surface area (Å²) in [6, 6.07) is 6.60. The monoisotopic (exact) mass is 340 g/mol. The van der Waals surface area contributed by atoms with E-state index in [2.05, 4.69) is 14.4 Å². The number of nitrogens with zero attached hydrogens (tertiary/aromatic N) is 1. The highest BCUT2D eigenvalue weighted by Gasteiger charge is 2.18. The molecule has 2 aromatic rings. The van der Waals surface area contributed by atoms with Gasteiger partial charge in [-0.05, 0) is 31.5 Å². The number of benzene rings is 1. The van der Waals surface area contributed by atoms with Gasteiger partial charge in [-0.15, -0.1) is 11.3 Å². The van der Waals surface area contributed by atoms with E-state index in [4.69, 9.17) is 0 Å². The van der Waals surface area contributed by atoms with Gasteiger partial charge in [-0.1, -0.05) is 12.1 Å². The van der Waals surface area contributed by atoms with E-state index in [0.29, 0.717) is 5.69 Å². The minimum Gasteiger partial charge on any atom is -0.469 e. The number of hydrogen-bond donors (Lipinski definition) is 1. The van der Waals surface area contributed by atoms with Crippen LogP contribution in [0.4, 0.5) is 5.13 Å². The van der Waals surface area contributed by atoms with Crippen molar-refractivity contribution < 1.29 is 17.9 Å².